The van der Waals surface area contributed by atoms with E-state index in [0.29, 0.717) is 46.5 Å². The summed E-state index contributed by atoms with van der Waals surface area (Å²) in [5.74, 6) is 1.11. The Kier molecular flexibility index (Phi) is 8.49. The Morgan fingerprint density at radius 2 is 1.88 bits per heavy atom. The van der Waals surface area contributed by atoms with Crippen LogP contribution in [-0.4, -0.2) is 43.0 Å². The number of fused-ring (bicyclic) bond motifs is 1. The fourth-order valence-electron chi connectivity index (χ4n) is 4.27. The summed E-state index contributed by atoms with van der Waals surface area (Å²) < 4.78 is 72.5. The molecule has 2 heterocycles. The van der Waals surface area contributed by atoms with E-state index in [4.69, 9.17) is 4.42 Å². The molecule has 0 saturated carbocycles. The zero-order chi connectivity index (χ0) is 29.2. The number of amides is 1. The van der Waals surface area contributed by atoms with Crippen LogP contribution in [0.1, 0.15) is 42.1 Å². The molecule has 9 nitrogen and oxygen atoms in total. The average molecular weight is 642 g/mol. The minimum absolute atomic E-state index is 0.122. The molecule has 4 aromatic rings. The van der Waals surface area contributed by atoms with Crippen molar-refractivity contribution in [1.29, 1.82) is 0 Å². The van der Waals surface area contributed by atoms with Crippen molar-refractivity contribution in [3.05, 3.63) is 64.0 Å². The first-order valence-corrected chi connectivity index (χ1v) is 14.6. The molecule has 4 rings (SSSR count). The summed E-state index contributed by atoms with van der Waals surface area (Å²) in [5, 5.41) is 6.44. The maximum atomic E-state index is 13.0. The number of furan rings is 1. The number of hydrogen-bond donors (Lipinski definition) is 3. The fourth-order valence-corrected chi connectivity index (χ4v) is 5.46. The van der Waals surface area contributed by atoms with E-state index in [9.17, 15) is 26.4 Å². The second-order valence-corrected chi connectivity index (χ2v) is 11.3. The zero-order valence-corrected chi connectivity index (χ0v) is 24.2. The third-order valence-electron chi connectivity index (χ3n) is 6.06. The predicted octanol–water partition coefficient (Wildman–Crippen LogP) is 6.11. The molecular weight excluding hydrogens is 615 g/mol. The van der Waals surface area contributed by atoms with Gasteiger partial charge < -0.3 is 19.6 Å². The molecular formula is C26H27BrF3N5O4S. The van der Waals surface area contributed by atoms with Gasteiger partial charge in [0, 0.05) is 37.5 Å². The number of carbonyl (C=O) groups excluding carboxylic acids is 1. The molecule has 0 unspecified atom stereocenters. The van der Waals surface area contributed by atoms with Crippen molar-refractivity contribution in [2.75, 3.05) is 23.6 Å². The molecule has 214 valence electrons. The van der Waals surface area contributed by atoms with E-state index in [1.54, 1.807) is 23.9 Å². The molecule has 2 aromatic heterocycles. The van der Waals surface area contributed by atoms with Crippen molar-refractivity contribution < 1.29 is 30.8 Å². The van der Waals surface area contributed by atoms with Crippen LogP contribution in [0.25, 0.3) is 22.3 Å². The summed E-state index contributed by atoms with van der Waals surface area (Å²) in [5.41, 5.74) is -3.99. The van der Waals surface area contributed by atoms with Crippen LogP contribution in [0, 0.1) is 0 Å². The van der Waals surface area contributed by atoms with Gasteiger partial charge in [-0.05, 0) is 59.1 Å². The lowest BCUT2D eigenvalue weighted by molar-refractivity contribution is -0.0429. The van der Waals surface area contributed by atoms with Crippen molar-refractivity contribution in [3.8, 4) is 11.3 Å². The number of aryl methyl sites for hydroxylation is 1. The number of anilines is 2. The van der Waals surface area contributed by atoms with Crippen molar-refractivity contribution in [2.24, 2.45) is 0 Å². The summed E-state index contributed by atoms with van der Waals surface area (Å²) in [4.78, 5) is 17.5. The predicted molar refractivity (Wildman–Crippen MR) is 151 cm³/mol. The molecule has 1 amide bonds. The number of rotatable bonds is 10. The Hall–Kier alpha value is -3.52. The first kappa shape index (κ1) is 29.5. The largest absolute Gasteiger partial charge is 0.516 e. The summed E-state index contributed by atoms with van der Waals surface area (Å²) >= 11 is 3.49. The molecule has 2 aromatic carbocycles. The van der Waals surface area contributed by atoms with E-state index < -0.39 is 15.5 Å². The van der Waals surface area contributed by atoms with E-state index in [2.05, 4.69) is 31.5 Å². The van der Waals surface area contributed by atoms with Gasteiger partial charge in [0.25, 0.3) is 5.91 Å². The lowest BCUT2D eigenvalue weighted by Gasteiger charge is -2.13. The van der Waals surface area contributed by atoms with Crippen LogP contribution in [-0.2, 0) is 23.0 Å². The van der Waals surface area contributed by atoms with Gasteiger partial charge in [-0.1, -0.05) is 25.1 Å². The standard InChI is InChI=1S/C26H27BrF3N5O4S/c1-4-8-20-33-24(31-3)22(25(36)32-5-2)35(20)14-15-11-12-19-17(13-15)21(27)23(39-19)16-9-6-7-10-18(16)34-40(37,38)26(28,29)30/h6-7,9-13,31,34H,4-5,8,14H2,1-3H3,(H,32,36). The van der Waals surface area contributed by atoms with E-state index in [-0.39, 0.29) is 22.9 Å². The number of nitrogens with zero attached hydrogens (tertiary/aromatic N) is 2. The Bertz CT molecular complexity index is 1660. The number of hydrogen-bond acceptors (Lipinski definition) is 6. The number of halogens is 4. The molecule has 0 aliphatic carbocycles. The first-order chi connectivity index (χ1) is 18.9. The summed E-state index contributed by atoms with van der Waals surface area (Å²) in [6, 6.07) is 11.0. The van der Waals surface area contributed by atoms with Crippen LogP contribution in [0.2, 0.25) is 0 Å². The van der Waals surface area contributed by atoms with Crippen LogP contribution in [0.5, 0.6) is 0 Å². The third kappa shape index (κ3) is 5.68. The highest BCUT2D eigenvalue weighted by Crippen LogP contribution is 2.42. The van der Waals surface area contributed by atoms with E-state index in [1.807, 2.05) is 30.5 Å². The van der Waals surface area contributed by atoms with Crippen molar-refractivity contribution in [1.82, 2.24) is 14.9 Å². The van der Waals surface area contributed by atoms with Crippen molar-refractivity contribution in [3.63, 3.8) is 0 Å². The normalized spacial score (nSPS) is 12.1. The Morgan fingerprint density at radius 1 is 1.15 bits per heavy atom. The highest BCUT2D eigenvalue weighted by atomic mass is 79.9. The minimum atomic E-state index is -5.64. The number of carbonyl (C=O) groups is 1. The van der Waals surface area contributed by atoms with Crippen LogP contribution < -0.4 is 15.4 Å². The molecule has 0 spiro atoms. The SMILES string of the molecule is CCCc1nc(NC)c(C(=O)NCC)n1Cc1ccc2oc(-c3ccccc3NS(=O)(=O)C(F)(F)F)c(Br)c2c1. The van der Waals surface area contributed by atoms with Gasteiger partial charge >= 0.3 is 15.5 Å². The molecule has 0 aliphatic rings. The van der Waals surface area contributed by atoms with Crippen molar-refractivity contribution in [2.45, 2.75) is 38.7 Å². The maximum Gasteiger partial charge on any atom is 0.516 e. The molecule has 0 atom stereocenters. The molecule has 0 aliphatic heterocycles. The van der Waals surface area contributed by atoms with Gasteiger partial charge in [0.2, 0.25) is 0 Å². The minimum Gasteiger partial charge on any atom is -0.455 e. The fraction of sp³-hybridized carbons (Fsp3) is 0.308. The molecule has 0 saturated heterocycles. The monoisotopic (exact) mass is 641 g/mol. The second-order valence-electron chi connectivity index (χ2n) is 8.84. The third-order valence-corrected chi connectivity index (χ3v) is 7.95. The van der Waals surface area contributed by atoms with Crippen LogP contribution in [0.3, 0.4) is 0 Å². The smallest absolute Gasteiger partial charge is 0.455 e. The lowest BCUT2D eigenvalue weighted by atomic mass is 10.1. The van der Waals surface area contributed by atoms with Gasteiger partial charge in [0.15, 0.2) is 17.3 Å². The zero-order valence-electron chi connectivity index (χ0n) is 21.8. The highest BCUT2D eigenvalue weighted by Gasteiger charge is 2.46. The first-order valence-electron chi connectivity index (χ1n) is 12.4. The number of benzene rings is 2. The van der Waals surface area contributed by atoms with E-state index in [1.165, 1.54) is 18.2 Å². The molecule has 40 heavy (non-hydrogen) atoms. The van der Waals surface area contributed by atoms with Gasteiger partial charge in [-0.3, -0.25) is 9.52 Å². The van der Waals surface area contributed by atoms with Gasteiger partial charge in [-0.2, -0.15) is 21.6 Å². The van der Waals surface area contributed by atoms with Crippen LogP contribution >= 0.6 is 15.9 Å². The lowest BCUT2D eigenvalue weighted by Crippen LogP contribution is -2.30. The number of imidazole rings is 1. The number of alkyl halides is 3. The van der Waals surface area contributed by atoms with Gasteiger partial charge in [-0.25, -0.2) is 4.98 Å². The number of nitrogens with one attached hydrogen (secondary N) is 3. The summed E-state index contributed by atoms with van der Waals surface area (Å²) in [6.45, 7) is 4.63. The quantitative estimate of drug-likeness (QED) is 0.192. The van der Waals surface area contributed by atoms with E-state index >= 15 is 0 Å². The Labute approximate surface area is 237 Å². The summed E-state index contributed by atoms with van der Waals surface area (Å²) in [6.07, 6.45) is 1.47. The molecule has 0 bridgehead atoms. The molecule has 3 N–H and O–H groups in total. The van der Waals surface area contributed by atoms with E-state index in [0.717, 1.165) is 17.8 Å². The second kappa shape index (κ2) is 11.5. The number of sulfonamides is 1. The number of para-hydroxylation sites is 1. The number of aromatic nitrogens is 2. The van der Waals surface area contributed by atoms with Crippen LogP contribution in [0.15, 0.2) is 51.4 Å². The Morgan fingerprint density at radius 3 is 2.52 bits per heavy atom. The van der Waals surface area contributed by atoms with Gasteiger partial charge in [0.05, 0.1) is 10.2 Å². The average Bonchev–Trinajstić information content (AvgIpc) is 3.41. The summed E-state index contributed by atoms with van der Waals surface area (Å²) in [7, 11) is -3.94. The molecule has 14 heteroatoms. The molecule has 0 fully saturated rings. The van der Waals surface area contributed by atoms with Gasteiger partial charge in [0.1, 0.15) is 11.4 Å². The van der Waals surface area contributed by atoms with Gasteiger partial charge in [-0.15, -0.1) is 0 Å². The topological polar surface area (TPSA) is 118 Å². The van der Waals surface area contributed by atoms with Crippen LogP contribution in [0.4, 0.5) is 24.7 Å². The van der Waals surface area contributed by atoms with Crippen molar-refractivity contribution >= 4 is 54.3 Å². The highest BCUT2D eigenvalue weighted by molar-refractivity contribution is 9.10. The maximum absolute atomic E-state index is 13.0. The molecule has 0 radical (unpaired) electrons. The Balaban J connectivity index is 1.77.